The van der Waals surface area contributed by atoms with E-state index in [4.69, 9.17) is 23.1 Å². The molecule has 19 heavy (non-hydrogen) atoms. The van der Waals surface area contributed by atoms with E-state index in [1.54, 1.807) is 6.92 Å². The Bertz CT molecular complexity index is 184. The van der Waals surface area contributed by atoms with E-state index in [1.165, 1.54) is 0 Å². The fourth-order valence-electron chi connectivity index (χ4n) is 1.80. The maximum Gasteiger partial charge on any atom is 0.500 e. The quantitative estimate of drug-likeness (QED) is 0.417. The van der Waals surface area contributed by atoms with Gasteiger partial charge >= 0.3 is 8.80 Å². The van der Waals surface area contributed by atoms with Crippen molar-refractivity contribution in [2.24, 2.45) is 0 Å². The molecule has 0 heterocycles. The van der Waals surface area contributed by atoms with Crippen molar-refractivity contribution in [2.75, 3.05) is 33.0 Å². The predicted octanol–water partition coefficient (Wildman–Crippen LogP) is 2.21. The van der Waals surface area contributed by atoms with Crippen LogP contribution in [-0.4, -0.2) is 53.0 Å². The molecule has 0 aliphatic heterocycles. The Balaban J connectivity index is 3.96. The molecule has 0 fully saturated rings. The van der Waals surface area contributed by atoms with Crippen LogP contribution in [0.1, 0.15) is 40.5 Å². The SMILES string of the molecule is CCO[Si](CCCCOCC(C)O)(OCC)OCC. The van der Waals surface area contributed by atoms with Crippen LogP contribution in [0.5, 0.6) is 0 Å². The maximum absolute atomic E-state index is 9.07. The minimum atomic E-state index is -2.48. The van der Waals surface area contributed by atoms with Gasteiger partial charge in [0.15, 0.2) is 0 Å². The summed E-state index contributed by atoms with van der Waals surface area (Å²) in [6, 6.07) is 0.820. The Kier molecular flexibility index (Phi) is 11.8. The van der Waals surface area contributed by atoms with Crippen molar-refractivity contribution in [3.8, 4) is 0 Å². The van der Waals surface area contributed by atoms with Gasteiger partial charge in [-0.25, -0.2) is 0 Å². The van der Waals surface area contributed by atoms with Crippen molar-refractivity contribution in [1.82, 2.24) is 0 Å². The van der Waals surface area contributed by atoms with Crippen molar-refractivity contribution in [3.63, 3.8) is 0 Å². The average molecular weight is 294 g/mol. The summed E-state index contributed by atoms with van der Waals surface area (Å²) in [7, 11) is -2.48. The molecule has 1 atom stereocenters. The van der Waals surface area contributed by atoms with Gasteiger partial charge in [0, 0.05) is 32.5 Å². The van der Waals surface area contributed by atoms with Gasteiger partial charge < -0.3 is 23.1 Å². The van der Waals surface area contributed by atoms with Crippen molar-refractivity contribution in [2.45, 2.75) is 52.7 Å². The van der Waals surface area contributed by atoms with Crippen LogP contribution in [-0.2, 0) is 18.0 Å². The molecule has 0 aromatic carbocycles. The molecule has 0 spiro atoms. The van der Waals surface area contributed by atoms with Crippen LogP contribution in [0.25, 0.3) is 0 Å². The molecule has 0 saturated heterocycles. The van der Waals surface area contributed by atoms with E-state index in [9.17, 15) is 0 Å². The number of ether oxygens (including phenoxy) is 1. The van der Waals surface area contributed by atoms with Crippen molar-refractivity contribution < 1.29 is 23.1 Å². The van der Waals surface area contributed by atoms with Gasteiger partial charge in [0.25, 0.3) is 0 Å². The fourth-order valence-corrected chi connectivity index (χ4v) is 4.49. The average Bonchev–Trinajstić information content (AvgIpc) is 2.34. The summed E-state index contributed by atoms with van der Waals surface area (Å²) in [6.07, 6.45) is 1.48. The second-order valence-electron chi connectivity index (χ2n) is 4.36. The smallest absolute Gasteiger partial charge is 0.391 e. The van der Waals surface area contributed by atoms with E-state index in [0.717, 1.165) is 18.9 Å². The summed E-state index contributed by atoms with van der Waals surface area (Å²) in [5.41, 5.74) is 0. The second-order valence-corrected chi connectivity index (χ2v) is 7.10. The number of hydrogen-bond acceptors (Lipinski definition) is 5. The van der Waals surface area contributed by atoms with Gasteiger partial charge in [-0.1, -0.05) is 0 Å². The lowest BCUT2D eigenvalue weighted by molar-refractivity contribution is 0.0431. The Morgan fingerprint density at radius 1 is 0.947 bits per heavy atom. The normalized spacial score (nSPS) is 13.7. The predicted molar refractivity (Wildman–Crippen MR) is 77.2 cm³/mol. The van der Waals surface area contributed by atoms with Gasteiger partial charge in [-0.05, 0) is 40.5 Å². The standard InChI is InChI=1S/C13H30O5Si/c1-5-16-19(17-6-2,18-7-3)11-9-8-10-15-12-13(4)14/h13-14H,5-12H2,1-4H3. The number of aliphatic hydroxyl groups is 1. The minimum Gasteiger partial charge on any atom is -0.391 e. The highest BCUT2D eigenvalue weighted by Gasteiger charge is 2.39. The van der Waals surface area contributed by atoms with Gasteiger partial charge in [-0.2, -0.15) is 0 Å². The van der Waals surface area contributed by atoms with E-state index < -0.39 is 14.9 Å². The third-order valence-electron chi connectivity index (χ3n) is 2.47. The van der Waals surface area contributed by atoms with Crippen molar-refractivity contribution in [1.29, 1.82) is 0 Å². The first-order valence-electron chi connectivity index (χ1n) is 7.27. The third-order valence-corrected chi connectivity index (χ3v) is 5.62. The Morgan fingerprint density at radius 3 is 1.89 bits per heavy atom. The molecule has 0 rings (SSSR count). The van der Waals surface area contributed by atoms with Crippen LogP contribution in [0.15, 0.2) is 0 Å². The van der Waals surface area contributed by atoms with Gasteiger partial charge in [-0.3, -0.25) is 0 Å². The van der Waals surface area contributed by atoms with Crippen LogP contribution in [0.2, 0.25) is 6.04 Å². The molecule has 0 bridgehead atoms. The molecular formula is C13H30O5Si. The molecule has 0 amide bonds. The van der Waals surface area contributed by atoms with Gasteiger partial charge in [0.05, 0.1) is 12.7 Å². The largest absolute Gasteiger partial charge is 0.500 e. The van der Waals surface area contributed by atoms with Gasteiger partial charge in [0.2, 0.25) is 0 Å². The highest BCUT2D eigenvalue weighted by molar-refractivity contribution is 6.60. The topological polar surface area (TPSA) is 57.2 Å². The highest BCUT2D eigenvalue weighted by Crippen LogP contribution is 2.19. The first kappa shape index (κ1) is 19.0. The summed E-state index contributed by atoms with van der Waals surface area (Å²) in [5.74, 6) is 0. The first-order valence-corrected chi connectivity index (χ1v) is 9.21. The Labute approximate surface area is 118 Å². The minimum absolute atomic E-state index is 0.394. The summed E-state index contributed by atoms with van der Waals surface area (Å²) in [4.78, 5) is 0. The van der Waals surface area contributed by atoms with Gasteiger partial charge in [0.1, 0.15) is 0 Å². The summed E-state index contributed by atoms with van der Waals surface area (Å²) >= 11 is 0. The number of hydrogen-bond donors (Lipinski definition) is 1. The zero-order valence-corrected chi connectivity index (χ0v) is 13.8. The maximum atomic E-state index is 9.07. The monoisotopic (exact) mass is 294 g/mol. The molecule has 1 N–H and O–H groups in total. The highest BCUT2D eigenvalue weighted by atomic mass is 28.4. The van der Waals surface area contributed by atoms with Crippen molar-refractivity contribution >= 4 is 8.80 Å². The van der Waals surface area contributed by atoms with E-state index in [-0.39, 0.29) is 0 Å². The summed E-state index contributed by atoms with van der Waals surface area (Å²) in [6.45, 7) is 10.5. The molecule has 0 saturated carbocycles. The van der Waals surface area contributed by atoms with E-state index in [1.807, 2.05) is 20.8 Å². The number of aliphatic hydroxyl groups excluding tert-OH is 1. The second kappa shape index (κ2) is 11.8. The number of rotatable bonds is 13. The molecule has 0 aromatic rings. The molecule has 1 unspecified atom stereocenters. The van der Waals surface area contributed by atoms with Crippen LogP contribution < -0.4 is 0 Å². The van der Waals surface area contributed by atoms with Crippen molar-refractivity contribution in [3.05, 3.63) is 0 Å². The molecule has 0 radical (unpaired) electrons. The van der Waals surface area contributed by atoms with Crippen LogP contribution in [0.3, 0.4) is 0 Å². The lowest BCUT2D eigenvalue weighted by Gasteiger charge is -2.28. The molecular weight excluding hydrogens is 264 g/mol. The first-order chi connectivity index (χ1) is 9.10. The van der Waals surface area contributed by atoms with E-state index in [0.29, 0.717) is 33.0 Å². The van der Waals surface area contributed by atoms with Crippen LogP contribution in [0, 0.1) is 0 Å². The molecule has 0 aromatic heterocycles. The molecule has 5 nitrogen and oxygen atoms in total. The lowest BCUT2D eigenvalue weighted by atomic mass is 10.3. The third kappa shape index (κ3) is 9.54. The Morgan fingerprint density at radius 2 is 1.47 bits per heavy atom. The Hall–Kier alpha value is 0.0169. The zero-order chi connectivity index (χ0) is 14.6. The number of unbranched alkanes of at least 4 members (excludes halogenated alkanes) is 1. The van der Waals surface area contributed by atoms with E-state index >= 15 is 0 Å². The molecule has 6 heteroatoms. The molecule has 0 aliphatic rings. The van der Waals surface area contributed by atoms with Crippen LogP contribution >= 0.6 is 0 Å². The van der Waals surface area contributed by atoms with Crippen LogP contribution in [0.4, 0.5) is 0 Å². The van der Waals surface area contributed by atoms with E-state index in [2.05, 4.69) is 0 Å². The lowest BCUT2D eigenvalue weighted by Crippen LogP contribution is -2.45. The molecule has 0 aliphatic carbocycles. The summed E-state index contributed by atoms with van der Waals surface area (Å²) in [5, 5.41) is 9.07. The zero-order valence-electron chi connectivity index (χ0n) is 12.8. The van der Waals surface area contributed by atoms with Gasteiger partial charge in [-0.15, -0.1) is 0 Å². The molecule has 116 valence electrons. The summed E-state index contributed by atoms with van der Waals surface area (Å²) < 4.78 is 22.6. The fraction of sp³-hybridized carbons (Fsp3) is 1.00.